The van der Waals surface area contributed by atoms with Gasteiger partial charge in [0.05, 0.1) is 6.54 Å². The maximum absolute atomic E-state index is 12.8. The fourth-order valence-corrected chi connectivity index (χ4v) is 4.25. The lowest BCUT2D eigenvalue weighted by molar-refractivity contribution is -0.147. The predicted octanol–water partition coefficient (Wildman–Crippen LogP) is 2.47. The summed E-state index contributed by atoms with van der Waals surface area (Å²) in [6.07, 6.45) is 10.6. The van der Waals surface area contributed by atoms with Crippen LogP contribution in [-0.4, -0.2) is 35.8 Å². The number of nitrogens with zero attached hydrogens (tertiary/aromatic N) is 1. The molecule has 2 aliphatic carbocycles. The molecule has 0 radical (unpaired) electrons. The maximum Gasteiger partial charge on any atom is 0.245 e. The van der Waals surface area contributed by atoms with Crippen LogP contribution in [0.1, 0.15) is 64.7 Å². The minimum absolute atomic E-state index is 0.0393. The molecule has 1 unspecified atom stereocenters. The summed E-state index contributed by atoms with van der Waals surface area (Å²) >= 11 is 0. The molecule has 1 N–H and O–H groups in total. The van der Waals surface area contributed by atoms with E-state index in [9.17, 15) is 9.59 Å². The van der Waals surface area contributed by atoms with Crippen molar-refractivity contribution in [3.63, 3.8) is 0 Å². The number of carbonyl (C=O) groups excluding carboxylic acids is 2. The number of rotatable bonds is 5. The Labute approximate surface area is 127 Å². The molecule has 1 saturated heterocycles. The average Bonchev–Trinajstić information content (AvgIpc) is 3.23. The molecule has 118 valence electrons. The van der Waals surface area contributed by atoms with Crippen LogP contribution < -0.4 is 5.32 Å². The number of amides is 2. The Morgan fingerprint density at radius 3 is 2.52 bits per heavy atom. The van der Waals surface area contributed by atoms with E-state index in [4.69, 9.17) is 0 Å². The van der Waals surface area contributed by atoms with Gasteiger partial charge in [-0.05, 0) is 43.4 Å². The molecular weight excluding hydrogens is 264 g/mol. The molecular formula is C17H28N2O2. The van der Waals surface area contributed by atoms with Gasteiger partial charge in [0.1, 0.15) is 6.04 Å². The molecule has 2 amide bonds. The van der Waals surface area contributed by atoms with E-state index in [0.29, 0.717) is 11.3 Å². The Hall–Kier alpha value is -1.06. The predicted molar refractivity (Wildman–Crippen MR) is 81.7 cm³/mol. The van der Waals surface area contributed by atoms with Crippen molar-refractivity contribution in [3.05, 3.63) is 0 Å². The molecule has 4 nitrogen and oxygen atoms in total. The van der Waals surface area contributed by atoms with Crippen LogP contribution in [0.15, 0.2) is 0 Å². The molecule has 0 aromatic heterocycles. The van der Waals surface area contributed by atoms with Crippen molar-refractivity contribution < 1.29 is 9.59 Å². The second-order valence-corrected chi connectivity index (χ2v) is 7.39. The zero-order valence-corrected chi connectivity index (χ0v) is 13.2. The maximum atomic E-state index is 12.8. The van der Waals surface area contributed by atoms with Crippen molar-refractivity contribution >= 4 is 11.8 Å². The smallest absolute Gasteiger partial charge is 0.245 e. The molecule has 1 heterocycles. The zero-order chi connectivity index (χ0) is 14.9. The highest BCUT2D eigenvalue weighted by Gasteiger charge is 2.46. The molecule has 1 aliphatic heterocycles. The first-order valence-corrected chi connectivity index (χ1v) is 8.72. The van der Waals surface area contributed by atoms with Gasteiger partial charge in [-0.2, -0.15) is 0 Å². The summed E-state index contributed by atoms with van der Waals surface area (Å²) in [7, 11) is 0. The van der Waals surface area contributed by atoms with Gasteiger partial charge in [-0.25, -0.2) is 0 Å². The van der Waals surface area contributed by atoms with E-state index in [1.807, 2.05) is 4.90 Å². The lowest BCUT2D eigenvalue weighted by Crippen LogP contribution is -2.61. The molecule has 0 spiro atoms. The third-order valence-corrected chi connectivity index (χ3v) is 5.61. The Bertz CT molecular complexity index is 411. The van der Waals surface area contributed by atoms with E-state index in [1.54, 1.807) is 0 Å². The van der Waals surface area contributed by atoms with E-state index < -0.39 is 0 Å². The van der Waals surface area contributed by atoms with E-state index in [-0.39, 0.29) is 24.4 Å². The minimum Gasteiger partial charge on any atom is -0.342 e. The van der Waals surface area contributed by atoms with Gasteiger partial charge in [0, 0.05) is 6.54 Å². The minimum atomic E-state index is -0.246. The normalized spacial score (nSPS) is 29.4. The van der Waals surface area contributed by atoms with Crippen molar-refractivity contribution in [1.82, 2.24) is 10.2 Å². The average molecular weight is 292 g/mol. The van der Waals surface area contributed by atoms with Gasteiger partial charge in [0.2, 0.25) is 11.8 Å². The molecule has 2 saturated carbocycles. The molecule has 3 rings (SSSR count). The first-order valence-electron chi connectivity index (χ1n) is 8.72. The van der Waals surface area contributed by atoms with E-state index in [0.717, 1.165) is 19.4 Å². The van der Waals surface area contributed by atoms with Crippen molar-refractivity contribution in [2.75, 3.05) is 13.1 Å². The van der Waals surface area contributed by atoms with Gasteiger partial charge in [-0.3, -0.25) is 9.59 Å². The summed E-state index contributed by atoms with van der Waals surface area (Å²) in [5.74, 6) is 0.584. The Morgan fingerprint density at radius 2 is 1.90 bits per heavy atom. The van der Waals surface area contributed by atoms with Crippen molar-refractivity contribution in [1.29, 1.82) is 0 Å². The molecule has 0 bridgehead atoms. The molecule has 4 heteroatoms. The van der Waals surface area contributed by atoms with E-state index >= 15 is 0 Å². The highest BCUT2D eigenvalue weighted by atomic mass is 16.2. The molecule has 3 aliphatic rings. The largest absolute Gasteiger partial charge is 0.342 e. The van der Waals surface area contributed by atoms with Crippen LogP contribution in [-0.2, 0) is 9.59 Å². The van der Waals surface area contributed by atoms with Gasteiger partial charge in [-0.15, -0.1) is 0 Å². The van der Waals surface area contributed by atoms with Gasteiger partial charge >= 0.3 is 0 Å². The van der Waals surface area contributed by atoms with Crippen LogP contribution in [0, 0.1) is 11.3 Å². The van der Waals surface area contributed by atoms with Crippen LogP contribution in [0.25, 0.3) is 0 Å². The Kier molecular flexibility index (Phi) is 4.23. The summed E-state index contributed by atoms with van der Waals surface area (Å²) < 4.78 is 0. The monoisotopic (exact) mass is 292 g/mol. The molecule has 3 fully saturated rings. The summed E-state index contributed by atoms with van der Waals surface area (Å²) in [6.45, 7) is 3.28. The quantitative estimate of drug-likeness (QED) is 0.846. The SMILES string of the molecule is CCCC1(CN2CC(=O)NC(C3CCCCC3)C2=O)CC1. The van der Waals surface area contributed by atoms with Gasteiger partial charge in [0.25, 0.3) is 0 Å². The molecule has 0 aromatic carbocycles. The summed E-state index contributed by atoms with van der Waals surface area (Å²) in [5, 5.41) is 2.97. The van der Waals surface area contributed by atoms with Crippen molar-refractivity contribution in [2.24, 2.45) is 11.3 Å². The fraction of sp³-hybridized carbons (Fsp3) is 0.882. The number of hydrogen-bond donors (Lipinski definition) is 1. The number of hydrogen-bond acceptors (Lipinski definition) is 2. The Morgan fingerprint density at radius 1 is 1.19 bits per heavy atom. The Balaban J connectivity index is 1.66. The summed E-state index contributed by atoms with van der Waals surface area (Å²) in [6, 6.07) is -0.246. The van der Waals surface area contributed by atoms with Gasteiger partial charge in [-0.1, -0.05) is 32.6 Å². The van der Waals surface area contributed by atoms with Crippen molar-refractivity contribution in [3.8, 4) is 0 Å². The third kappa shape index (κ3) is 3.24. The summed E-state index contributed by atoms with van der Waals surface area (Å²) in [4.78, 5) is 26.7. The lowest BCUT2D eigenvalue weighted by Gasteiger charge is -2.39. The first kappa shape index (κ1) is 14.9. The molecule has 0 aromatic rings. The van der Waals surface area contributed by atoms with Crippen LogP contribution >= 0.6 is 0 Å². The highest BCUT2D eigenvalue weighted by molar-refractivity contribution is 5.95. The number of nitrogens with one attached hydrogen (secondary N) is 1. The number of piperazine rings is 1. The molecule has 21 heavy (non-hydrogen) atoms. The van der Waals surface area contributed by atoms with Crippen LogP contribution in [0.5, 0.6) is 0 Å². The van der Waals surface area contributed by atoms with Crippen LogP contribution in [0.3, 0.4) is 0 Å². The third-order valence-electron chi connectivity index (χ3n) is 5.61. The first-order chi connectivity index (χ1) is 10.1. The lowest BCUT2D eigenvalue weighted by atomic mass is 9.82. The highest BCUT2D eigenvalue weighted by Crippen LogP contribution is 2.50. The van der Waals surface area contributed by atoms with Crippen molar-refractivity contribution in [2.45, 2.75) is 70.8 Å². The van der Waals surface area contributed by atoms with Gasteiger partial charge in [0.15, 0.2) is 0 Å². The van der Waals surface area contributed by atoms with Crippen LogP contribution in [0.2, 0.25) is 0 Å². The van der Waals surface area contributed by atoms with E-state index in [2.05, 4.69) is 12.2 Å². The van der Waals surface area contributed by atoms with E-state index in [1.165, 1.54) is 44.9 Å². The molecule has 1 atom stereocenters. The topological polar surface area (TPSA) is 49.4 Å². The van der Waals surface area contributed by atoms with Gasteiger partial charge < -0.3 is 10.2 Å². The fourth-order valence-electron chi connectivity index (χ4n) is 4.25. The second-order valence-electron chi connectivity index (χ2n) is 7.39. The second kappa shape index (κ2) is 5.98. The number of carbonyl (C=O) groups is 2. The van der Waals surface area contributed by atoms with Crippen LogP contribution in [0.4, 0.5) is 0 Å². The summed E-state index contributed by atoms with van der Waals surface area (Å²) in [5.41, 5.74) is 0.332. The standard InChI is InChI=1S/C17H28N2O2/c1-2-8-17(9-10-17)12-19-11-14(20)18-15(16(19)21)13-6-4-3-5-7-13/h13,15H,2-12H2,1H3,(H,18,20). The zero-order valence-electron chi connectivity index (χ0n) is 13.2.